The fourth-order valence-corrected chi connectivity index (χ4v) is 3.57. The molecule has 1 aromatic heterocycles. The molecular formula is C15H17Cl2NS. The van der Waals surface area contributed by atoms with Crippen molar-refractivity contribution in [2.24, 2.45) is 0 Å². The first-order valence-electron chi connectivity index (χ1n) is 6.33. The molecule has 19 heavy (non-hydrogen) atoms. The SMILES string of the molecule is CCNC(Cc1ccc(Cl)cc1)c1scc(C)c1Cl. The molecule has 1 heterocycles. The fourth-order valence-electron chi connectivity index (χ4n) is 2.04. The fraction of sp³-hybridized carbons (Fsp3) is 0.333. The van der Waals surface area contributed by atoms with Crippen molar-refractivity contribution in [3.8, 4) is 0 Å². The molecule has 0 spiro atoms. The summed E-state index contributed by atoms with van der Waals surface area (Å²) in [6, 6.07) is 8.27. The van der Waals surface area contributed by atoms with Gasteiger partial charge in [0.15, 0.2) is 0 Å². The molecule has 2 rings (SSSR count). The van der Waals surface area contributed by atoms with Gasteiger partial charge in [-0.1, -0.05) is 42.3 Å². The molecule has 0 radical (unpaired) electrons. The van der Waals surface area contributed by atoms with E-state index in [1.54, 1.807) is 11.3 Å². The number of nitrogens with one attached hydrogen (secondary N) is 1. The maximum atomic E-state index is 6.38. The van der Waals surface area contributed by atoms with E-state index in [4.69, 9.17) is 23.2 Å². The Balaban J connectivity index is 2.21. The number of aryl methyl sites for hydroxylation is 1. The van der Waals surface area contributed by atoms with Crippen molar-refractivity contribution < 1.29 is 0 Å². The minimum atomic E-state index is 0.261. The van der Waals surface area contributed by atoms with Crippen LogP contribution < -0.4 is 5.32 Å². The van der Waals surface area contributed by atoms with Gasteiger partial charge in [-0.25, -0.2) is 0 Å². The lowest BCUT2D eigenvalue weighted by atomic mass is 10.0. The normalized spacial score (nSPS) is 12.6. The van der Waals surface area contributed by atoms with E-state index in [-0.39, 0.29) is 6.04 Å². The third kappa shape index (κ3) is 3.73. The molecule has 0 fully saturated rings. The number of benzene rings is 1. The van der Waals surface area contributed by atoms with Gasteiger partial charge in [0, 0.05) is 15.9 Å². The molecule has 0 saturated heterocycles. The van der Waals surface area contributed by atoms with E-state index in [1.165, 1.54) is 10.4 Å². The summed E-state index contributed by atoms with van der Waals surface area (Å²) >= 11 is 14.0. The standard InChI is InChI=1S/C15H17Cl2NS/c1-3-18-13(15-14(17)10(2)9-19-15)8-11-4-6-12(16)7-5-11/h4-7,9,13,18H,3,8H2,1-2H3. The van der Waals surface area contributed by atoms with Crippen LogP contribution in [0.25, 0.3) is 0 Å². The first kappa shape index (κ1) is 14.9. The van der Waals surface area contributed by atoms with Gasteiger partial charge in [0.25, 0.3) is 0 Å². The quantitative estimate of drug-likeness (QED) is 0.794. The van der Waals surface area contributed by atoms with Gasteiger partial charge < -0.3 is 5.32 Å². The highest BCUT2D eigenvalue weighted by Crippen LogP contribution is 2.34. The molecule has 0 bridgehead atoms. The molecule has 102 valence electrons. The first-order chi connectivity index (χ1) is 9.11. The summed E-state index contributed by atoms with van der Waals surface area (Å²) in [7, 11) is 0. The maximum Gasteiger partial charge on any atom is 0.0590 e. The molecule has 0 aliphatic rings. The highest BCUT2D eigenvalue weighted by molar-refractivity contribution is 7.10. The van der Waals surface area contributed by atoms with Crippen LogP contribution in [0.1, 0.15) is 29.0 Å². The average molecular weight is 314 g/mol. The van der Waals surface area contributed by atoms with Crippen LogP contribution in [0.3, 0.4) is 0 Å². The molecule has 1 aromatic carbocycles. The van der Waals surface area contributed by atoms with E-state index in [0.717, 1.165) is 28.6 Å². The van der Waals surface area contributed by atoms with Crippen molar-refractivity contribution in [2.45, 2.75) is 26.3 Å². The van der Waals surface area contributed by atoms with E-state index in [9.17, 15) is 0 Å². The van der Waals surface area contributed by atoms with Crippen LogP contribution in [-0.2, 0) is 6.42 Å². The lowest BCUT2D eigenvalue weighted by Crippen LogP contribution is -2.22. The predicted molar refractivity (Wildman–Crippen MR) is 85.6 cm³/mol. The lowest BCUT2D eigenvalue weighted by molar-refractivity contribution is 0.558. The van der Waals surface area contributed by atoms with Crippen molar-refractivity contribution in [3.05, 3.63) is 55.7 Å². The molecule has 0 aliphatic carbocycles. The number of thiophene rings is 1. The van der Waals surface area contributed by atoms with Gasteiger partial charge in [0.1, 0.15) is 0 Å². The van der Waals surface area contributed by atoms with Crippen LogP contribution in [0.2, 0.25) is 10.0 Å². The van der Waals surface area contributed by atoms with E-state index in [1.807, 2.05) is 19.1 Å². The third-order valence-corrected chi connectivity index (χ3v) is 5.13. The van der Waals surface area contributed by atoms with Crippen molar-refractivity contribution in [3.63, 3.8) is 0 Å². The van der Waals surface area contributed by atoms with E-state index < -0.39 is 0 Å². The Kier molecular flexibility index (Phi) is 5.28. The van der Waals surface area contributed by atoms with Crippen LogP contribution in [0, 0.1) is 6.92 Å². The smallest absolute Gasteiger partial charge is 0.0590 e. The Hall–Kier alpha value is -0.540. The zero-order chi connectivity index (χ0) is 13.8. The van der Waals surface area contributed by atoms with Crippen molar-refractivity contribution in [1.82, 2.24) is 5.32 Å². The molecule has 1 N–H and O–H groups in total. The van der Waals surface area contributed by atoms with Crippen LogP contribution in [-0.4, -0.2) is 6.54 Å². The van der Waals surface area contributed by atoms with Gasteiger partial charge in [-0.05, 0) is 48.5 Å². The van der Waals surface area contributed by atoms with Gasteiger partial charge in [-0.15, -0.1) is 11.3 Å². The zero-order valence-electron chi connectivity index (χ0n) is 11.0. The molecule has 2 aromatic rings. The molecule has 1 nitrogen and oxygen atoms in total. The maximum absolute atomic E-state index is 6.38. The lowest BCUT2D eigenvalue weighted by Gasteiger charge is -2.17. The number of hydrogen-bond donors (Lipinski definition) is 1. The number of halogens is 2. The monoisotopic (exact) mass is 313 g/mol. The molecular weight excluding hydrogens is 297 g/mol. The topological polar surface area (TPSA) is 12.0 Å². The summed E-state index contributed by atoms with van der Waals surface area (Å²) in [6.07, 6.45) is 0.921. The van der Waals surface area contributed by atoms with Crippen molar-refractivity contribution in [2.75, 3.05) is 6.54 Å². The van der Waals surface area contributed by atoms with Crippen LogP contribution in [0.15, 0.2) is 29.6 Å². The van der Waals surface area contributed by atoms with Crippen LogP contribution >= 0.6 is 34.5 Å². The number of rotatable bonds is 5. The average Bonchev–Trinajstić information content (AvgIpc) is 2.72. The predicted octanol–water partition coefficient (Wildman–Crippen LogP) is 5.26. The minimum Gasteiger partial charge on any atom is -0.309 e. The second-order valence-corrected chi connectivity index (χ2v) is 6.26. The van der Waals surface area contributed by atoms with Crippen LogP contribution in [0.5, 0.6) is 0 Å². The Bertz CT molecular complexity index is 534. The van der Waals surface area contributed by atoms with Crippen molar-refractivity contribution in [1.29, 1.82) is 0 Å². The Morgan fingerprint density at radius 2 is 1.89 bits per heavy atom. The van der Waals surface area contributed by atoms with Gasteiger partial charge >= 0.3 is 0 Å². The summed E-state index contributed by atoms with van der Waals surface area (Å²) in [5, 5.41) is 7.29. The van der Waals surface area contributed by atoms with Gasteiger partial charge in [0.05, 0.1) is 5.02 Å². The van der Waals surface area contributed by atoms with Gasteiger partial charge in [-0.3, -0.25) is 0 Å². The number of likely N-dealkylation sites (N-methyl/N-ethyl adjacent to an activating group) is 1. The summed E-state index contributed by atoms with van der Waals surface area (Å²) in [5.74, 6) is 0. The summed E-state index contributed by atoms with van der Waals surface area (Å²) in [5.41, 5.74) is 2.41. The molecule has 0 amide bonds. The summed E-state index contributed by atoms with van der Waals surface area (Å²) < 4.78 is 0. The molecule has 1 unspecified atom stereocenters. The molecule has 0 saturated carbocycles. The third-order valence-electron chi connectivity index (χ3n) is 3.05. The second-order valence-electron chi connectivity index (χ2n) is 4.54. The highest BCUT2D eigenvalue weighted by Gasteiger charge is 2.17. The van der Waals surface area contributed by atoms with E-state index in [0.29, 0.717) is 0 Å². The Morgan fingerprint density at radius 1 is 1.21 bits per heavy atom. The Labute approximate surface area is 128 Å². The highest BCUT2D eigenvalue weighted by atomic mass is 35.5. The van der Waals surface area contributed by atoms with Crippen molar-refractivity contribution >= 4 is 34.5 Å². The first-order valence-corrected chi connectivity index (χ1v) is 7.96. The minimum absolute atomic E-state index is 0.261. The van der Waals surface area contributed by atoms with Gasteiger partial charge in [-0.2, -0.15) is 0 Å². The number of hydrogen-bond acceptors (Lipinski definition) is 2. The van der Waals surface area contributed by atoms with Gasteiger partial charge in [0.2, 0.25) is 0 Å². The zero-order valence-corrected chi connectivity index (χ0v) is 13.4. The van der Waals surface area contributed by atoms with E-state index >= 15 is 0 Å². The molecule has 0 aliphatic heterocycles. The molecule has 4 heteroatoms. The largest absolute Gasteiger partial charge is 0.309 e. The Morgan fingerprint density at radius 3 is 2.42 bits per heavy atom. The second kappa shape index (κ2) is 6.76. The van der Waals surface area contributed by atoms with E-state index in [2.05, 4.69) is 29.8 Å². The molecule has 1 atom stereocenters. The van der Waals surface area contributed by atoms with Crippen LogP contribution in [0.4, 0.5) is 0 Å². The summed E-state index contributed by atoms with van der Waals surface area (Å²) in [4.78, 5) is 1.22. The summed E-state index contributed by atoms with van der Waals surface area (Å²) in [6.45, 7) is 5.09.